The van der Waals surface area contributed by atoms with Gasteiger partial charge in [0.2, 0.25) is 17.2 Å². The summed E-state index contributed by atoms with van der Waals surface area (Å²) >= 11 is 12.5. The Morgan fingerprint density at radius 1 is 0.618 bits per heavy atom. The number of hydrogen-bond acceptors (Lipinski definition) is 30. The molecule has 0 bridgehead atoms. The fraction of sp³-hybridized carbons (Fsp3) is 0. The number of carboxylic acids is 1. The first-order valence-electron chi connectivity index (χ1n) is 18.8. The van der Waals surface area contributed by atoms with Gasteiger partial charge in [0.15, 0.2) is 0 Å². The first kappa shape index (κ1) is 66.5. The third-order valence-corrected chi connectivity index (χ3v) is 12.4. The Morgan fingerprint density at radius 3 is 1.76 bits per heavy atom. The van der Waals surface area contributed by atoms with Gasteiger partial charge in [0.05, 0.1) is 61.4 Å². The number of aromatic carboxylic acids is 1. The Bertz CT molecular complexity index is 3740. The van der Waals surface area contributed by atoms with Crippen molar-refractivity contribution < 1.29 is 186 Å². The van der Waals surface area contributed by atoms with E-state index in [9.17, 15) is 54.1 Å². The molecule has 0 saturated heterocycles. The number of azo groups is 2. The van der Waals surface area contributed by atoms with Crippen LogP contribution in [-0.4, -0.2) is 74.8 Å². The van der Waals surface area contributed by atoms with Crippen molar-refractivity contribution in [1.82, 2.24) is 29.9 Å². The Hall–Kier alpha value is -3.74. The molecule has 7 rings (SSSR count). The number of anilines is 8. The van der Waals surface area contributed by atoms with Crippen LogP contribution in [0.3, 0.4) is 0 Å². The standard InChI is InChI=1S/C36H26Cl2N16O14S4.4Na/c37-31-44-33(41-17-4-1-5-20(11-17)70(58,59)60)48-34(45-31)42-19-7-9-25(71(61,62)63)22(13-19)51-52-23-14-26(72(64,65)66)28(40)29(27(23)39)53-50-21-12-18(6-8-24(21)69-68-67-57)43-35-46-32(38)47-36(49-35)54-10-2-3-16(15-54)30(55)56;;;;/h1-15H,39-40H2,(H7-,41,42,43,44,45,46,47,48,49,55,56,57,58,59,60,61,62,63,64,65,66);;;;/q;4*+1/p-4. The van der Waals surface area contributed by atoms with E-state index in [-0.39, 0.29) is 181 Å². The first-order valence-corrected chi connectivity index (χ1v) is 24.5. The van der Waals surface area contributed by atoms with Crippen molar-refractivity contribution in [2.24, 2.45) is 20.5 Å². The molecule has 76 heavy (non-hydrogen) atoms. The zero-order valence-electron chi connectivity index (χ0n) is 38.8. The summed E-state index contributed by atoms with van der Waals surface area (Å²) in [5.41, 5.74) is 8.54. The van der Waals surface area contributed by atoms with Crippen molar-refractivity contribution in [3.63, 3.8) is 0 Å². The second kappa shape index (κ2) is 28.4. The number of carboxylic acid groups (broad SMARTS) is 1. The maximum Gasteiger partial charge on any atom is 1.00 e. The van der Waals surface area contributed by atoms with Crippen molar-refractivity contribution in [2.45, 2.75) is 19.6 Å². The second-order valence-electron chi connectivity index (χ2n) is 13.6. The molecule has 0 fully saturated rings. The van der Waals surface area contributed by atoms with Crippen LogP contribution in [0.1, 0.15) is 10.4 Å². The fourth-order valence-electron chi connectivity index (χ4n) is 5.76. The van der Waals surface area contributed by atoms with Gasteiger partial charge in [0.25, 0.3) is 0 Å². The quantitative estimate of drug-likeness (QED) is 0.00778. The topological polar surface area (TPSA) is 472 Å². The molecule has 0 amide bonds. The van der Waals surface area contributed by atoms with Gasteiger partial charge in [-0.25, -0.2) is 29.8 Å². The Morgan fingerprint density at radius 2 is 1.17 bits per heavy atom. The van der Waals surface area contributed by atoms with Crippen LogP contribution in [0.2, 0.25) is 10.6 Å². The number of rotatable bonds is 18. The van der Waals surface area contributed by atoms with Gasteiger partial charge in [-0.05, 0) is 106 Å². The van der Waals surface area contributed by atoms with E-state index in [1.165, 1.54) is 53.2 Å². The summed E-state index contributed by atoms with van der Waals surface area (Å²) in [6.45, 7) is 0. The molecular weight excluding hydrogens is 1170 g/mol. The molecule has 4 aromatic carbocycles. The Balaban J connectivity index is 0.00000380. The number of pyridine rings is 1. The van der Waals surface area contributed by atoms with Crippen molar-refractivity contribution >= 4 is 141 Å². The molecule has 0 aliphatic rings. The van der Waals surface area contributed by atoms with Crippen LogP contribution in [0.4, 0.5) is 69.0 Å². The Kier molecular flexibility index (Phi) is 24.9. The van der Waals surface area contributed by atoms with Crippen LogP contribution >= 0.6 is 35.2 Å². The van der Waals surface area contributed by atoms with E-state index in [1.54, 1.807) is 0 Å². The summed E-state index contributed by atoms with van der Waals surface area (Å²) in [6, 6.07) is 14.7. The number of hydrogen-bond donors (Lipinski definition) is 5. The number of nitrogens with one attached hydrogen (secondary N) is 3. The molecule has 3 heterocycles. The molecule has 7 N–H and O–H groups in total. The number of nitrogens with zero attached hydrogens (tertiary/aromatic N) is 11. The van der Waals surface area contributed by atoms with Crippen LogP contribution in [-0.2, 0) is 39.7 Å². The number of nitrogens with two attached hydrogens (primary N) is 2. The zero-order valence-corrected chi connectivity index (χ0v) is 51.6. The number of nitrogen functional groups attached to an aromatic ring is 2. The Labute approximate surface area is 530 Å². The molecule has 0 unspecified atom stereocenters. The maximum atomic E-state index is 12.5. The number of halogens is 2. The zero-order chi connectivity index (χ0) is 52.1. The minimum Gasteiger partial charge on any atom is -0.744 e. The monoisotopic (exact) mass is 1190 g/mol. The van der Waals surface area contributed by atoms with Gasteiger partial charge in [-0.3, -0.25) is 5.04 Å². The molecule has 0 spiro atoms. The summed E-state index contributed by atoms with van der Waals surface area (Å²) in [5, 5.41) is 48.6. The normalized spacial score (nSPS) is 11.4. The summed E-state index contributed by atoms with van der Waals surface area (Å²) in [6.07, 6.45) is 2.57. The minimum atomic E-state index is -5.48. The SMILES string of the molecule is Nc1c(N=Nc2cc(Nc3nc(Cl)nc(Nc4cccc(S(=O)(=O)[O-])c4)n3)ccc2S(=O)(=O)[O-])cc(S(=O)(=O)[O-])c(N)c1N=Nc1cc(Nc2nc(Cl)nc(-[n+]3cccc(C(=O)[O-])c3)n2)ccc1SOO[O-].[Na+].[Na+].[Na+].[Na+]. The molecule has 30 nitrogen and oxygen atoms in total. The summed E-state index contributed by atoms with van der Waals surface area (Å²) < 4.78 is 115. The number of carbonyl (C=O) groups excluding carboxylic acids is 1. The van der Waals surface area contributed by atoms with Crippen molar-refractivity contribution in [3.8, 4) is 5.95 Å². The van der Waals surface area contributed by atoms with Gasteiger partial charge in [-0.1, -0.05) is 6.07 Å². The molecule has 0 aliphatic carbocycles. The average molecular weight is 1190 g/mol. The van der Waals surface area contributed by atoms with E-state index < -0.39 is 84.7 Å². The summed E-state index contributed by atoms with van der Waals surface area (Å²) in [4.78, 5) is 32.8. The predicted octanol–water partition coefficient (Wildman–Crippen LogP) is -8.81. The van der Waals surface area contributed by atoms with Crippen molar-refractivity contribution in [2.75, 3.05) is 27.4 Å². The van der Waals surface area contributed by atoms with Gasteiger partial charge in [-0.15, -0.1) is 20.5 Å². The molecule has 0 saturated carbocycles. The molecule has 3 aromatic heterocycles. The smallest absolute Gasteiger partial charge is 0.744 e. The third kappa shape index (κ3) is 17.6. The van der Waals surface area contributed by atoms with Gasteiger partial charge in [0.1, 0.15) is 53.1 Å². The van der Waals surface area contributed by atoms with Gasteiger partial charge in [0, 0.05) is 22.6 Å². The fourth-order valence-corrected chi connectivity index (χ4v) is 8.22. The van der Waals surface area contributed by atoms with E-state index in [0.29, 0.717) is 18.1 Å². The molecule has 40 heteroatoms. The van der Waals surface area contributed by atoms with Crippen molar-refractivity contribution in [3.05, 3.63) is 107 Å². The maximum absolute atomic E-state index is 12.5. The van der Waals surface area contributed by atoms with Crippen LogP contribution < -0.4 is 161 Å². The van der Waals surface area contributed by atoms with E-state index in [0.717, 1.165) is 36.5 Å². The van der Waals surface area contributed by atoms with Crippen LogP contribution in [0.25, 0.3) is 5.95 Å². The van der Waals surface area contributed by atoms with E-state index >= 15 is 0 Å². The largest absolute Gasteiger partial charge is 1.00 e. The van der Waals surface area contributed by atoms with Crippen LogP contribution in [0.5, 0.6) is 0 Å². The second-order valence-corrected chi connectivity index (χ2v) is 19.1. The average Bonchev–Trinajstić information content (AvgIpc) is 3.29. The number of carbonyl (C=O) groups is 1. The molecule has 0 aliphatic heterocycles. The van der Waals surface area contributed by atoms with Gasteiger partial charge < -0.3 is 56.2 Å². The summed E-state index contributed by atoms with van der Waals surface area (Å²) in [5.74, 6) is -2.38. The van der Waals surface area contributed by atoms with Crippen LogP contribution in [0.15, 0.2) is 131 Å². The molecule has 0 atom stereocenters. The van der Waals surface area contributed by atoms with Crippen LogP contribution in [0, 0.1) is 0 Å². The van der Waals surface area contributed by atoms with E-state index in [2.05, 4.69) is 75.7 Å². The molecule has 372 valence electrons. The number of aromatic nitrogens is 7. The first-order chi connectivity index (χ1) is 33.9. The van der Waals surface area contributed by atoms with Crippen molar-refractivity contribution in [1.29, 1.82) is 0 Å². The van der Waals surface area contributed by atoms with E-state index in [1.807, 2.05) is 0 Å². The van der Waals surface area contributed by atoms with Gasteiger partial charge in [-0.2, -0.15) is 24.3 Å². The molecule has 0 radical (unpaired) electrons. The number of benzene rings is 4. The molecule has 7 aromatic rings. The minimum absolute atomic E-state index is 0. The predicted molar refractivity (Wildman–Crippen MR) is 240 cm³/mol. The summed E-state index contributed by atoms with van der Waals surface area (Å²) in [7, 11) is -15.6. The van der Waals surface area contributed by atoms with Gasteiger partial charge >= 0.3 is 135 Å². The molecular formula is C36H22Cl2N16Na4O14S4. The van der Waals surface area contributed by atoms with E-state index in [4.69, 9.17) is 34.7 Å². The third-order valence-electron chi connectivity index (χ3n) is 8.81.